The molecule has 0 bridgehead atoms. The zero-order valence-electron chi connectivity index (χ0n) is 13.5. The van der Waals surface area contributed by atoms with Gasteiger partial charge < -0.3 is 10.6 Å². The maximum atomic E-state index is 12.0. The van der Waals surface area contributed by atoms with Gasteiger partial charge in [0.15, 0.2) is 0 Å². The van der Waals surface area contributed by atoms with Gasteiger partial charge in [0.1, 0.15) is 5.69 Å². The number of carbonyl (C=O) groups is 1. The van der Waals surface area contributed by atoms with Gasteiger partial charge in [-0.05, 0) is 37.4 Å². The number of benzene rings is 2. The van der Waals surface area contributed by atoms with Crippen molar-refractivity contribution in [2.24, 2.45) is 0 Å². The lowest BCUT2D eigenvalue weighted by molar-refractivity contribution is -0.384. The number of nitro benzene ring substituents is 1. The second kappa shape index (κ2) is 8.13. The van der Waals surface area contributed by atoms with E-state index in [0.29, 0.717) is 10.7 Å². The quantitative estimate of drug-likeness (QED) is 0.484. The Bertz CT molecular complexity index is 949. The van der Waals surface area contributed by atoms with Crippen LogP contribution in [-0.4, -0.2) is 32.8 Å². The zero-order valence-corrected chi connectivity index (χ0v) is 15.1. The minimum Gasteiger partial charge on any atom is -0.371 e. The molecule has 0 fully saturated rings. The third-order valence-electron chi connectivity index (χ3n) is 3.29. The Kier molecular flexibility index (Phi) is 6.14. The fourth-order valence-corrected chi connectivity index (χ4v) is 2.98. The number of rotatable bonds is 7. The van der Waals surface area contributed by atoms with E-state index in [4.69, 9.17) is 11.6 Å². The number of nitrogens with one attached hydrogen (secondary N) is 3. The molecule has 0 heterocycles. The fourth-order valence-electron chi connectivity index (χ4n) is 2.04. The van der Waals surface area contributed by atoms with Gasteiger partial charge >= 0.3 is 0 Å². The molecule has 26 heavy (non-hydrogen) atoms. The number of nitro groups is 1. The van der Waals surface area contributed by atoms with E-state index >= 15 is 0 Å². The van der Waals surface area contributed by atoms with E-state index in [1.165, 1.54) is 19.2 Å². The molecule has 138 valence electrons. The van der Waals surface area contributed by atoms with Crippen LogP contribution in [0.4, 0.5) is 17.1 Å². The molecule has 0 unspecified atom stereocenters. The van der Waals surface area contributed by atoms with E-state index in [1.54, 1.807) is 24.3 Å². The molecule has 0 radical (unpaired) electrons. The lowest BCUT2D eigenvalue weighted by Crippen LogP contribution is -2.22. The van der Waals surface area contributed by atoms with Gasteiger partial charge in [-0.15, -0.1) is 0 Å². The van der Waals surface area contributed by atoms with Crippen LogP contribution < -0.4 is 15.4 Å². The summed E-state index contributed by atoms with van der Waals surface area (Å²) in [5.41, 5.74) is 0.0393. The van der Waals surface area contributed by atoms with E-state index in [9.17, 15) is 23.3 Å². The normalized spacial score (nSPS) is 11.0. The van der Waals surface area contributed by atoms with Crippen LogP contribution in [0.1, 0.15) is 0 Å². The van der Waals surface area contributed by atoms with Crippen LogP contribution in [0, 0.1) is 10.1 Å². The SMILES string of the molecule is CNS(=O)(=O)c1ccc(NCC(=O)Nc2cccc(Cl)c2)c([N+](=O)[O-])c1. The van der Waals surface area contributed by atoms with E-state index in [-0.39, 0.29) is 17.1 Å². The number of halogens is 1. The van der Waals surface area contributed by atoms with Crippen molar-refractivity contribution in [3.63, 3.8) is 0 Å². The largest absolute Gasteiger partial charge is 0.371 e. The third kappa shape index (κ3) is 4.91. The number of sulfonamides is 1. The number of carbonyl (C=O) groups excluding carboxylic acids is 1. The Hall–Kier alpha value is -2.69. The van der Waals surface area contributed by atoms with Gasteiger partial charge in [0, 0.05) is 16.8 Å². The molecule has 0 spiro atoms. The molecule has 1 amide bonds. The van der Waals surface area contributed by atoms with Gasteiger partial charge in [0.25, 0.3) is 5.69 Å². The molecule has 9 nitrogen and oxygen atoms in total. The molecule has 2 rings (SSSR count). The van der Waals surface area contributed by atoms with Crippen molar-refractivity contribution in [2.75, 3.05) is 24.2 Å². The van der Waals surface area contributed by atoms with Crippen molar-refractivity contribution in [3.05, 3.63) is 57.6 Å². The minimum absolute atomic E-state index is 0.0197. The second-order valence-electron chi connectivity index (χ2n) is 5.06. The van der Waals surface area contributed by atoms with Gasteiger partial charge in [-0.25, -0.2) is 13.1 Å². The van der Waals surface area contributed by atoms with Crippen molar-refractivity contribution < 1.29 is 18.1 Å². The van der Waals surface area contributed by atoms with Crippen LogP contribution in [0.2, 0.25) is 5.02 Å². The van der Waals surface area contributed by atoms with Crippen molar-refractivity contribution in [1.82, 2.24) is 4.72 Å². The number of nitrogens with zero attached hydrogens (tertiary/aromatic N) is 1. The Balaban J connectivity index is 2.13. The number of hydrogen-bond acceptors (Lipinski definition) is 6. The minimum atomic E-state index is -3.82. The Morgan fingerprint density at radius 2 is 1.96 bits per heavy atom. The average molecular weight is 399 g/mol. The highest BCUT2D eigenvalue weighted by Gasteiger charge is 2.20. The molecule has 0 aliphatic carbocycles. The first-order chi connectivity index (χ1) is 12.2. The molecular weight excluding hydrogens is 384 g/mol. The predicted molar refractivity (Wildman–Crippen MR) is 97.9 cm³/mol. The Labute approximate surface area is 154 Å². The standard InChI is InChI=1S/C15H15ClN4O5S/c1-17-26(24,25)12-5-6-13(14(8-12)20(22)23)18-9-15(21)19-11-4-2-3-10(16)7-11/h2-8,17-18H,9H2,1H3,(H,19,21). The molecule has 3 N–H and O–H groups in total. The summed E-state index contributed by atoms with van der Waals surface area (Å²) in [6.45, 7) is -0.258. The van der Waals surface area contributed by atoms with E-state index in [1.807, 2.05) is 0 Å². The van der Waals surface area contributed by atoms with Crippen LogP contribution in [0.5, 0.6) is 0 Å². The Morgan fingerprint density at radius 3 is 2.58 bits per heavy atom. The monoisotopic (exact) mass is 398 g/mol. The highest BCUT2D eigenvalue weighted by molar-refractivity contribution is 7.89. The third-order valence-corrected chi connectivity index (χ3v) is 4.94. The topological polar surface area (TPSA) is 130 Å². The van der Waals surface area contributed by atoms with Crippen LogP contribution in [0.15, 0.2) is 47.4 Å². The fraction of sp³-hybridized carbons (Fsp3) is 0.133. The van der Waals surface area contributed by atoms with Gasteiger partial charge in [0.05, 0.1) is 16.4 Å². The first-order valence-corrected chi connectivity index (χ1v) is 9.10. The molecule has 0 aliphatic heterocycles. The molecule has 11 heteroatoms. The summed E-state index contributed by atoms with van der Waals surface area (Å²) >= 11 is 5.82. The van der Waals surface area contributed by atoms with Crippen LogP contribution >= 0.6 is 11.6 Å². The summed E-state index contributed by atoms with van der Waals surface area (Å²) in [4.78, 5) is 22.2. The first-order valence-electron chi connectivity index (χ1n) is 7.24. The molecule has 2 aromatic rings. The van der Waals surface area contributed by atoms with E-state index in [2.05, 4.69) is 15.4 Å². The molecule has 0 atom stereocenters. The van der Waals surface area contributed by atoms with E-state index < -0.39 is 26.5 Å². The predicted octanol–water partition coefficient (Wildman–Crippen LogP) is 2.21. The molecule has 0 aromatic heterocycles. The maximum absolute atomic E-state index is 12.0. The molecule has 0 saturated heterocycles. The zero-order chi connectivity index (χ0) is 19.3. The summed E-state index contributed by atoms with van der Waals surface area (Å²) in [5.74, 6) is -0.450. The lowest BCUT2D eigenvalue weighted by Gasteiger charge is -2.10. The maximum Gasteiger partial charge on any atom is 0.293 e. The average Bonchev–Trinajstić information content (AvgIpc) is 2.59. The molecule has 0 aliphatic rings. The van der Waals surface area contributed by atoms with Crippen molar-refractivity contribution in [1.29, 1.82) is 0 Å². The highest BCUT2D eigenvalue weighted by atomic mass is 35.5. The van der Waals surface area contributed by atoms with Gasteiger partial charge in [-0.1, -0.05) is 17.7 Å². The highest BCUT2D eigenvalue weighted by Crippen LogP contribution is 2.27. The summed E-state index contributed by atoms with van der Waals surface area (Å²) in [6, 6.07) is 9.87. The number of amides is 1. The summed E-state index contributed by atoms with van der Waals surface area (Å²) in [7, 11) is -2.62. The van der Waals surface area contributed by atoms with Crippen LogP contribution in [-0.2, 0) is 14.8 Å². The van der Waals surface area contributed by atoms with Crippen molar-refractivity contribution in [2.45, 2.75) is 4.90 Å². The molecular formula is C15H15ClN4O5S. The molecule has 2 aromatic carbocycles. The van der Waals surface area contributed by atoms with E-state index in [0.717, 1.165) is 6.07 Å². The summed E-state index contributed by atoms with van der Waals surface area (Å²) in [5, 5.41) is 16.9. The number of anilines is 2. The van der Waals surface area contributed by atoms with Gasteiger partial charge in [0.2, 0.25) is 15.9 Å². The van der Waals surface area contributed by atoms with Crippen LogP contribution in [0.3, 0.4) is 0 Å². The van der Waals surface area contributed by atoms with Crippen LogP contribution in [0.25, 0.3) is 0 Å². The smallest absolute Gasteiger partial charge is 0.293 e. The second-order valence-corrected chi connectivity index (χ2v) is 7.38. The Morgan fingerprint density at radius 1 is 1.23 bits per heavy atom. The first kappa shape index (κ1) is 19.6. The lowest BCUT2D eigenvalue weighted by atomic mass is 10.2. The summed E-state index contributed by atoms with van der Waals surface area (Å²) < 4.78 is 25.6. The molecule has 0 saturated carbocycles. The van der Waals surface area contributed by atoms with Crippen molar-refractivity contribution in [3.8, 4) is 0 Å². The van der Waals surface area contributed by atoms with Gasteiger partial charge in [-0.2, -0.15) is 0 Å². The van der Waals surface area contributed by atoms with Gasteiger partial charge in [-0.3, -0.25) is 14.9 Å². The van der Waals surface area contributed by atoms with Crippen molar-refractivity contribution >= 4 is 44.6 Å². The summed E-state index contributed by atoms with van der Waals surface area (Å²) in [6.07, 6.45) is 0. The number of hydrogen-bond donors (Lipinski definition) is 3.